The SMILES string of the molecule is O=C(NCCn1ncc2c(N3CCCCC3)ncnc21)C1CC1. The van der Waals surface area contributed by atoms with Gasteiger partial charge in [0.15, 0.2) is 5.65 Å². The summed E-state index contributed by atoms with van der Waals surface area (Å²) in [4.78, 5) is 22.9. The molecule has 1 amide bonds. The molecule has 0 aromatic carbocycles. The van der Waals surface area contributed by atoms with Gasteiger partial charge in [-0.15, -0.1) is 0 Å². The van der Waals surface area contributed by atoms with Crippen LogP contribution < -0.4 is 10.2 Å². The Hall–Kier alpha value is -2.18. The highest BCUT2D eigenvalue weighted by molar-refractivity contribution is 5.86. The summed E-state index contributed by atoms with van der Waals surface area (Å²) in [5, 5.41) is 8.42. The fourth-order valence-corrected chi connectivity index (χ4v) is 3.18. The van der Waals surface area contributed by atoms with Crippen LogP contribution in [0.4, 0.5) is 5.82 Å². The number of nitrogens with zero attached hydrogens (tertiary/aromatic N) is 5. The average molecular weight is 314 g/mol. The van der Waals surface area contributed by atoms with Crippen molar-refractivity contribution in [2.75, 3.05) is 24.5 Å². The molecule has 7 heteroatoms. The minimum atomic E-state index is 0.171. The summed E-state index contributed by atoms with van der Waals surface area (Å²) in [7, 11) is 0. The maximum atomic E-state index is 11.7. The lowest BCUT2D eigenvalue weighted by Crippen LogP contribution is -2.30. The highest BCUT2D eigenvalue weighted by Gasteiger charge is 2.29. The number of anilines is 1. The van der Waals surface area contributed by atoms with Gasteiger partial charge in [-0.2, -0.15) is 5.10 Å². The van der Waals surface area contributed by atoms with E-state index >= 15 is 0 Å². The lowest BCUT2D eigenvalue weighted by atomic mass is 10.1. The first kappa shape index (κ1) is 14.4. The molecule has 1 saturated heterocycles. The van der Waals surface area contributed by atoms with Crippen molar-refractivity contribution in [3.63, 3.8) is 0 Å². The van der Waals surface area contributed by atoms with Crippen molar-refractivity contribution in [1.82, 2.24) is 25.1 Å². The van der Waals surface area contributed by atoms with Gasteiger partial charge in [-0.25, -0.2) is 14.6 Å². The number of hydrogen-bond acceptors (Lipinski definition) is 5. The lowest BCUT2D eigenvalue weighted by molar-refractivity contribution is -0.122. The highest BCUT2D eigenvalue weighted by Crippen LogP contribution is 2.28. The van der Waals surface area contributed by atoms with Crippen LogP contribution in [0.5, 0.6) is 0 Å². The first-order valence-electron chi connectivity index (χ1n) is 8.52. The summed E-state index contributed by atoms with van der Waals surface area (Å²) in [5.41, 5.74) is 0.848. The summed E-state index contributed by atoms with van der Waals surface area (Å²) in [6.07, 6.45) is 9.26. The van der Waals surface area contributed by atoms with Gasteiger partial charge in [0.25, 0.3) is 0 Å². The Bertz CT molecular complexity index is 702. The Morgan fingerprint density at radius 1 is 1.22 bits per heavy atom. The molecule has 122 valence electrons. The van der Waals surface area contributed by atoms with E-state index in [2.05, 4.69) is 25.3 Å². The summed E-state index contributed by atoms with van der Waals surface area (Å²) in [6.45, 7) is 3.33. The Balaban J connectivity index is 1.48. The van der Waals surface area contributed by atoms with Gasteiger partial charge in [-0.3, -0.25) is 4.79 Å². The van der Waals surface area contributed by atoms with Crippen LogP contribution in [-0.4, -0.2) is 45.3 Å². The molecule has 1 aliphatic heterocycles. The van der Waals surface area contributed by atoms with Gasteiger partial charge in [-0.1, -0.05) is 0 Å². The molecule has 4 rings (SSSR count). The summed E-state index contributed by atoms with van der Waals surface area (Å²) in [5.74, 6) is 1.41. The van der Waals surface area contributed by atoms with E-state index in [9.17, 15) is 4.79 Å². The van der Waals surface area contributed by atoms with Crippen molar-refractivity contribution < 1.29 is 4.79 Å². The third-order valence-electron chi connectivity index (χ3n) is 4.64. The zero-order valence-corrected chi connectivity index (χ0v) is 13.2. The predicted molar refractivity (Wildman–Crippen MR) is 87.1 cm³/mol. The van der Waals surface area contributed by atoms with Crippen molar-refractivity contribution in [3.05, 3.63) is 12.5 Å². The smallest absolute Gasteiger partial charge is 0.223 e. The Morgan fingerprint density at radius 3 is 2.83 bits per heavy atom. The van der Waals surface area contributed by atoms with Crippen molar-refractivity contribution in [2.45, 2.75) is 38.6 Å². The standard InChI is InChI=1S/C16H22N6O/c23-16(12-4-5-12)17-6-9-22-15-13(10-20-22)14(18-11-19-15)21-7-2-1-3-8-21/h10-12H,1-9H2,(H,17,23). The van der Waals surface area contributed by atoms with E-state index < -0.39 is 0 Å². The third-order valence-corrected chi connectivity index (χ3v) is 4.64. The van der Waals surface area contributed by atoms with Gasteiger partial charge in [0.05, 0.1) is 18.1 Å². The van der Waals surface area contributed by atoms with E-state index in [1.165, 1.54) is 19.3 Å². The molecule has 0 unspecified atom stereocenters. The number of nitrogens with one attached hydrogen (secondary N) is 1. The zero-order chi connectivity index (χ0) is 15.6. The van der Waals surface area contributed by atoms with Gasteiger partial charge in [-0.05, 0) is 32.1 Å². The largest absolute Gasteiger partial charge is 0.356 e. The number of aromatic nitrogens is 4. The number of hydrogen-bond donors (Lipinski definition) is 1. The quantitative estimate of drug-likeness (QED) is 0.901. The van der Waals surface area contributed by atoms with Crippen molar-refractivity contribution >= 4 is 22.8 Å². The van der Waals surface area contributed by atoms with Crippen LogP contribution in [0, 0.1) is 5.92 Å². The second kappa shape index (κ2) is 6.14. The van der Waals surface area contributed by atoms with Crippen LogP contribution in [0.25, 0.3) is 11.0 Å². The maximum Gasteiger partial charge on any atom is 0.223 e. The molecule has 23 heavy (non-hydrogen) atoms. The molecule has 2 fully saturated rings. The van der Waals surface area contributed by atoms with Gasteiger partial charge in [0.1, 0.15) is 12.1 Å². The molecule has 2 aromatic rings. The molecule has 0 spiro atoms. The number of rotatable bonds is 5. The van der Waals surface area contributed by atoms with Gasteiger partial charge < -0.3 is 10.2 Å². The van der Waals surface area contributed by atoms with Crippen LogP contribution in [0.2, 0.25) is 0 Å². The number of piperidine rings is 1. The van der Waals surface area contributed by atoms with Gasteiger partial charge in [0, 0.05) is 25.6 Å². The summed E-state index contributed by atoms with van der Waals surface area (Å²) < 4.78 is 1.86. The van der Waals surface area contributed by atoms with Crippen molar-refractivity contribution in [2.24, 2.45) is 5.92 Å². The molecule has 2 aromatic heterocycles. The predicted octanol–water partition coefficient (Wildman–Crippen LogP) is 1.34. The average Bonchev–Trinajstić information content (AvgIpc) is 3.37. The summed E-state index contributed by atoms with van der Waals surface area (Å²) >= 11 is 0. The lowest BCUT2D eigenvalue weighted by Gasteiger charge is -2.27. The number of amides is 1. The monoisotopic (exact) mass is 314 g/mol. The molecule has 0 atom stereocenters. The molecule has 1 aliphatic carbocycles. The third kappa shape index (κ3) is 3.00. The van der Waals surface area contributed by atoms with E-state index in [0.29, 0.717) is 13.1 Å². The van der Waals surface area contributed by atoms with Crippen molar-refractivity contribution in [3.8, 4) is 0 Å². The highest BCUT2D eigenvalue weighted by atomic mass is 16.2. The number of fused-ring (bicyclic) bond motifs is 1. The first-order chi connectivity index (χ1) is 11.3. The molecule has 1 N–H and O–H groups in total. The molecule has 0 bridgehead atoms. The van der Waals surface area contributed by atoms with Crippen molar-refractivity contribution in [1.29, 1.82) is 0 Å². The molecule has 3 heterocycles. The van der Waals surface area contributed by atoms with E-state index in [4.69, 9.17) is 0 Å². The number of carbonyl (C=O) groups excluding carboxylic acids is 1. The van der Waals surface area contributed by atoms with Crippen LogP contribution in [0.15, 0.2) is 12.5 Å². The van der Waals surface area contributed by atoms with Crippen LogP contribution >= 0.6 is 0 Å². The van der Waals surface area contributed by atoms with E-state index in [0.717, 1.165) is 42.8 Å². The second-order valence-corrected chi connectivity index (χ2v) is 6.42. The maximum absolute atomic E-state index is 11.7. The minimum absolute atomic E-state index is 0.171. The number of carbonyl (C=O) groups is 1. The Labute approximate surface area is 135 Å². The molecule has 1 saturated carbocycles. The first-order valence-corrected chi connectivity index (χ1v) is 8.52. The summed E-state index contributed by atoms with van der Waals surface area (Å²) in [6, 6.07) is 0. The topological polar surface area (TPSA) is 75.9 Å². The van der Waals surface area contributed by atoms with Crippen LogP contribution in [0.3, 0.4) is 0 Å². The molecular formula is C16H22N6O. The zero-order valence-electron chi connectivity index (χ0n) is 13.2. The van der Waals surface area contributed by atoms with E-state index in [1.54, 1.807) is 6.33 Å². The Kier molecular flexibility index (Phi) is 3.85. The van der Waals surface area contributed by atoms with Gasteiger partial charge in [0.2, 0.25) is 5.91 Å². The second-order valence-electron chi connectivity index (χ2n) is 6.42. The fraction of sp³-hybridized carbons (Fsp3) is 0.625. The minimum Gasteiger partial charge on any atom is -0.356 e. The van der Waals surface area contributed by atoms with E-state index in [1.807, 2.05) is 10.9 Å². The fourth-order valence-electron chi connectivity index (χ4n) is 3.18. The van der Waals surface area contributed by atoms with Crippen LogP contribution in [0.1, 0.15) is 32.1 Å². The van der Waals surface area contributed by atoms with Gasteiger partial charge >= 0.3 is 0 Å². The molecular weight excluding hydrogens is 292 g/mol. The normalized spacial score (nSPS) is 18.3. The Morgan fingerprint density at radius 2 is 2.04 bits per heavy atom. The van der Waals surface area contributed by atoms with Crippen LogP contribution in [-0.2, 0) is 11.3 Å². The molecule has 2 aliphatic rings. The molecule has 7 nitrogen and oxygen atoms in total. The van der Waals surface area contributed by atoms with E-state index in [-0.39, 0.29) is 11.8 Å². The molecule has 0 radical (unpaired) electrons.